The summed E-state index contributed by atoms with van der Waals surface area (Å²) in [6, 6.07) is 9.41. The lowest BCUT2D eigenvalue weighted by Crippen LogP contribution is -2.11. The van der Waals surface area contributed by atoms with Crippen molar-refractivity contribution in [2.45, 2.75) is 19.1 Å². The predicted molar refractivity (Wildman–Crippen MR) is 92.6 cm³/mol. The summed E-state index contributed by atoms with van der Waals surface area (Å²) in [4.78, 5) is 16.8. The monoisotopic (exact) mass is 426 g/mol. The van der Waals surface area contributed by atoms with Crippen LogP contribution in [0, 0.1) is 0 Å². The van der Waals surface area contributed by atoms with Crippen LogP contribution in [-0.4, -0.2) is 21.9 Å². The Hall–Kier alpha value is -1.99. The van der Waals surface area contributed by atoms with Crippen molar-refractivity contribution in [3.63, 3.8) is 0 Å². The molecule has 2 aromatic carbocycles. The number of carbonyl (C=O) groups excluding carboxylic acids is 1. The highest BCUT2D eigenvalue weighted by Gasteiger charge is 2.36. The molecule has 0 bridgehead atoms. The predicted octanol–water partition coefficient (Wildman–Crippen LogP) is 5.23. The van der Waals surface area contributed by atoms with E-state index in [0.29, 0.717) is 31.9 Å². The molecule has 0 saturated heterocycles. The van der Waals surface area contributed by atoms with E-state index in [1.807, 2.05) is 0 Å². The summed E-state index contributed by atoms with van der Waals surface area (Å²) in [5.74, 6) is 0.163. The molecule has 0 saturated carbocycles. The minimum absolute atomic E-state index is 0.0268. The average Bonchev–Trinajstić information content (AvgIpc) is 3.05. The van der Waals surface area contributed by atoms with Gasteiger partial charge in [-0.25, -0.2) is 4.98 Å². The van der Waals surface area contributed by atoms with Crippen molar-refractivity contribution in [3.8, 4) is 5.75 Å². The molecule has 4 nitrogen and oxygen atoms in total. The number of ether oxygens (including phenoxy) is 1. The van der Waals surface area contributed by atoms with Crippen LogP contribution in [0.1, 0.15) is 28.6 Å². The molecule has 0 N–H and O–H groups in total. The minimum Gasteiger partial charge on any atom is -0.434 e. The Morgan fingerprint density at radius 3 is 2.88 bits per heavy atom. The first-order valence-electron chi connectivity index (χ1n) is 7.39. The Kier molecular flexibility index (Phi) is 4.00. The van der Waals surface area contributed by atoms with Gasteiger partial charge >= 0.3 is 6.61 Å². The van der Waals surface area contributed by atoms with Crippen molar-refractivity contribution >= 4 is 44.3 Å². The van der Waals surface area contributed by atoms with Gasteiger partial charge in [-0.3, -0.25) is 4.79 Å². The second-order valence-electron chi connectivity index (χ2n) is 5.61. The number of hydrogen-bond donors (Lipinski definition) is 0. The summed E-state index contributed by atoms with van der Waals surface area (Å²) in [5, 5.41) is 0.504. The van der Waals surface area contributed by atoms with E-state index in [2.05, 4.69) is 25.7 Å². The molecule has 1 unspecified atom stereocenters. The Balaban J connectivity index is 1.95. The van der Waals surface area contributed by atoms with Crippen LogP contribution in [-0.2, 0) is 0 Å². The quantitative estimate of drug-likeness (QED) is 0.575. The van der Waals surface area contributed by atoms with Crippen molar-refractivity contribution in [2.24, 2.45) is 0 Å². The van der Waals surface area contributed by atoms with Gasteiger partial charge in [-0.1, -0.05) is 33.6 Å². The molecule has 128 valence electrons. The first-order chi connectivity index (χ1) is 12.0. The van der Waals surface area contributed by atoms with E-state index in [0.717, 1.165) is 0 Å². The molecule has 8 heteroatoms. The molecule has 0 fully saturated rings. The number of ketones is 1. The van der Waals surface area contributed by atoms with Crippen LogP contribution in [0.2, 0.25) is 5.02 Å². The van der Waals surface area contributed by atoms with Gasteiger partial charge in [-0.15, -0.1) is 0 Å². The average molecular weight is 428 g/mol. The lowest BCUT2D eigenvalue weighted by molar-refractivity contribution is -0.0507. The molecule has 25 heavy (non-hydrogen) atoms. The van der Waals surface area contributed by atoms with E-state index in [9.17, 15) is 13.6 Å². The van der Waals surface area contributed by atoms with E-state index in [1.54, 1.807) is 34.9 Å². The second-order valence-corrected chi connectivity index (χ2v) is 6.90. The number of rotatable bonds is 3. The molecule has 0 aliphatic carbocycles. The van der Waals surface area contributed by atoms with Crippen molar-refractivity contribution in [1.82, 2.24) is 9.55 Å². The first-order valence-corrected chi connectivity index (χ1v) is 8.56. The van der Waals surface area contributed by atoms with Crippen LogP contribution in [0.3, 0.4) is 0 Å². The van der Waals surface area contributed by atoms with Crippen LogP contribution in [0.25, 0.3) is 11.0 Å². The molecule has 1 aliphatic rings. The molecule has 0 amide bonds. The Morgan fingerprint density at radius 1 is 1.32 bits per heavy atom. The lowest BCUT2D eigenvalue weighted by Gasteiger charge is -2.19. The topological polar surface area (TPSA) is 44.1 Å². The fourth-order valence-corrected chi connectivity index (χ4v) is 3.99. The fourth-order valence-electron chi connectivity index (χ4n) is 3.21. The van der Waals surface area contributed by atoms with Gasteiger partial charge in [0.2, 0.25) is 5.78 Å². The molecular weight excluding hydrogens is 418 g/mol. The minimum atomic E-state index is -2.96. The van der Waals surface area contributed by atoms with Crippen LogP contribution in [0.4, 0.5) is 8.78 Å². The number of Topliss-reactive ketones (excluding diaryl/α,β-unsaturated/α-hetero) is 1. The third kappa shape index (κ3) is 2.71. The highest BCUT2D eigenvalue weighted by molar-refractivity contribution is 9.10. The van der Waals surface area contributed by atoms with Crippen LogP contribution in [0.5, 0.6) is 5.75 Å². The molecular formula is C17H10BrClF2N2O2. The number of fused-ring (bicyclic) bond motifs is 3. The molecule has 1 aliphatic heterocycles. The maximum Gasteiger partial charge on any atom is 0.387 e. The first kappa shape index (κ1) is 16.5. The zero-order chi connectivity index (χ0) is 17.7. The van der Waals surface area contributed by atoms with Crippen molar-refractivity contribution in [1.29, 1.82) is 0 Å². The highest BCUT2D eigenvalue weighted by Crippen LogP contribution is 2.43. The molecule has 1 atom stereocenters. The summed E-state index contributed by atoms with van der Waals surface area (Å²) in [5.41, 5.74) is 1.78. The van der Waals surface area contributed by atoms with Gasteiger partial charge in [0.25, 0.3) is 0 Å². The smallest absolute Gasteiger partial charge is 0.387 e. The normalized spacial score (nSPS) is 16.7. The van der Waals surface area contributed by atoms with Gasteiger partial charge in [0.05, 0.1) is 17.1 Å². The molecule has 2 heterocycles. The summed E-state index contributed by atoms with van der Waals surface area (Å²) in [6.07, 6.45) is 0.118. The van der Waals surface area contributed by atoms with Gasteiger partial charge in [0, 0.05) is 21.5 Å². The number of aromatic nitrogens is 2. The van der Waals surface area contributed by atoms with Crippen LogP contribution >= 0.6 is 27.5 Å². The van der Waals surface area contributed by atoms with E-state index in [-0.39, 0.29) is 18.0 Å². The summed E-state index contributed by atoms with van der Waals surface area (Å²) < 4.78 is 32.6. The SMILES string of the molecule is O=C1CC(c2c(Br)cccc2OC(F)F)n2c1nc1ccc(Cl)cc12. The van der Waals surface area contributed by atoms with Gasteiger partial charge in [0.15, 0.2) is 5.82 Å². The zero-order valence-electron chi connectivity index (χ0n) is 12.5. The van der Waals surface area contributed by atoms with Gasteiger partial charge in [0.1, 0.15) is 5.75 Å². The number of nitrogens with zero attached hydrogens (tertiary/aromatic N) is 2. The number of halogens is 4. The number of carbonyl (C=O) groups is 1. The van der Waals surface area contributed by atoms with Gasteiger partial charge < -0.3 is 9.30 Å². The molecule has 1 aromatic heterocycles. The largest absolute Gasteiger partial charge is 0.434 e. The molecule has 0 radical (unpaired) electrons. The maximum atomic E-state index is 12.8. The van der Waals surface area contributed by atoms with Crippen molar-refractivity contribution in [2.75, 3.05) is 0 Å². The number of hydrogen-bond acceptors (Lipinski definition) is 3. The molecule has 4 rings (SSSR count). The summed E-state index contributed by atoms with van der Waals surface area (Å²) >= 11 is 9.47. The van der Waals surface area contributed by atoms with Crippen molar-refractivity contribution < 1.29 is 18.3 Å². The van der Waals surface area contributed by atoms with E-state index in [1.165, 1.54) is 6.07 Å². The molecule has 3 aromatic rings. The highest BCUT2D eigenvalue weighted by atomic mass is 79.9. The fraction of sp³-hybridized carbons (Fsp3) is 0.176. The summed E-state index contributed by atoms with van der Waals surface area (Å²) in [6.45, 7) is -2.96. The van der Waals surface area contributed by atoms with E-state index in [4.69, 9.17) is 11.6 Å². The Bertz CT molecular complexity index is 1010. The second kappa shape index (κ2) is 6.07. The summed E-state index contributed by atoms with van der Waals surface area (Å²) in [7, 11) is 0. The van der Waals surface area contributed by atoms with Crippen LogP contribution in [0.15, 0.2) is 40.9 Å². The molecule has 0 spiro atoms. The Morgan fingerprint density at radius 2 is 2.12 bits per heavy atom. The van der Waals surface area contributed by atoms with E-state index >= 15 is 0 Å². The van der Waals surface area contributed by atoms with Gasteiger partial charge in [-0.2, -0.15) is 8.78 Å². The number of imidazole rings is 1. The lowest BCUT2D eigenvalue weighted by atomic mass is 10.0. The van der Waals surface area contributed by atoms with Gasteiger partial charge in [-0.05, 0) is 30.3 Å². The number of alkyl halides is 2. The maximum absolute atomic E-state index is 12.8. The Labute approximate surface area is 154 Å². The zero-order valence-corrected chi connectivity index (χ0v) is 14.9. The van der Waals surface area contributed by atoms with Crippen LogP contribution < -0.4 is 4.74 Å². The number of benzene rings is 2. The van der Waals surface area contributed by atoms with Crippen molar-refractivity contribution in [3.05, 3.63) is 57.3 Å². The third-order valence-electron chi connectivity index (χ3n) is 4.15. The third-order valence-corrected chi connectivity index (χ3v) is 5.08. The standard InChI is InChI=1S/C17H10BrClF2N2O2/c18-9-2-1-3-14(25-17(20)21)15(9)12-7-13(24)16-22-10-5-4-8(19)6-11(10)23(12)16/h1-6,12,17H,7H2. The van der Waals surface area contributed by atoms with E-state index < -0.39 is 12.7 Å².